The number of aryl methyl sites for hydroxylation is 2. The van der Waals surface area contributed by atoms with E-state index in [1.165, 1.54) is 62.5 Å². The van der Waals surface area contributed by atoms with Crippen molar-refractivity contribution in [2.45, 2.75) is 103 Å². The molecule has 37 heavy (non-hydrogen) atoms. The Hall–Kier alpha value is -2.16. The van der Waals surface area contributed by atoms with Crippen molar-refractivity contribution in [2.24, 2.45) is 17.8 Å². The topological polar surface area (TPSA) is 9.23 Å². The van der Waals surface area contributed by atoms with Gasteiger partial charge in [0.1, 0.15) is 0 Å². The first-order valence-electron chi connectivity index (χ1n) is 14.9. The van der Waals surface area contributed by atoms with Crippen LogP contribution in [-0.4, -0.2) is 6.61 Å². The van der Waals surface area contributed by atoms with Gasteiger partial charge < -0.3 is 4.74 Å². The highest BCUT2D eigenvalue weighted by molar-refractivity contribution is 5.31. The average Bonchev–Trinajstić information content (AvgIpc) is 2.94. The maximum Gasteiger partial charge on any atom is 0.200 e. The van der Waals surface area contributed by atoms with E-state index in [1.54, 1.807) is 12.1 Å². The van der Waals surface area contributed by atoms with E-state index in [1.807, 2.05) is 13.0 Å². The summed E-state index contributed by atoms with van der Waals surface area (Å²) in [5, 5.41) is 0. The summed E-state index contributed by atoms with van der Waals surface area (Å²) >= 11 is 0. The molecule has 0 N–H and O–H groups in total. The maximum absolute atomic E-state index is 14.6. The molecule has 0 spiro atoms. The Labute approximate surface area is 223 Å². The smallest absolute Gasteiger partial charge is 0.200 e. The van der Waals surface area contributed by atoms with Gasteiger partial charge in [-0.1, -0.05) is 62.6 Å². The average molecular weight is 509 g/mol. The van der Waals surface area contributed by atoms with Crippen molar-refractivity contribution in [3.8, 4) is 5.75 Å². The third-order valence-corrected chi connectivity index (χ3v) is 9.12. The fourth-order valence-electron chi connectivity index (χ4n) is 6.66. The molecule has 0 saturated heterocycles. The largest absolute Gasteiger partial charge is 0.490 e. The molecule has 0 heterocycles. The van der Waals surface area contributed by atoms with Gasteiger partial charge in [-0.2, -0.15) is 4.39 Å². The number of halogens is 2. The molecule has 0 bridgehead atoms. The second kappa shape index (κ2) is 14.1. The molecule has 2 saturated carbocycles. The summed E-state index contributed by atoms with van der Waals surface area (Å²) in [7, 11) is 0. The highest BCUT2D eigenvalue weighted by atomic mass is 19.2. The fourth-order valence-corrected chi connectivity index (χ4v) is 6.66. The van der Waals surface area contributed by atoms with Crippen LogP contribution in [0.15, 0.2) is 49.1 Å². The number of hydrogen-bond donors (Lipinski definition) is 0. The molecule has 2 fully saturated rings. The Kier molecular flexibility index (Phi) is 10.6. The van der Waals surface area contributed by atoms with E-state index in [0.717, 1.165) is 49.9 Å². The minimum Gasteiger partial charge on any atom is -0.490 e. The van der Waals surface area contributed by atoms with Crippen LogP contribution in [0.3, 0.4) is 0 Å². The summed E-state index contributed by atoms with van der Waals surface area (Å²) < 4.78 is 34.4. The normalized spacial score (nSPS) is 24.1. The molecule has 0 amide bonds. The van der Waals surface area contributed by atoms with Crippen LogP contribution in [-0.2, 0) is 12.8 Å². The molecule has 1 nitrogen and oxygen atoms in total. The summed E-state index contributed by atoms with van der Waals surface area (Å²) in [4.78, 5) is 0. The molecule has 202 valence electrons. The van der Waals surface area contributed by atoms with Crippen LogP contribution in [0, 0.1) is 29.4 Å². The van der Waals surface area contributed by atoms with Gasteiger partial charge in [0.25, 0.3) is 0 Å². The molecule has 4 rings (SSSR count). The summed E-state index contributed by atoms with van der Waals surface area (Å²) in [5.74, 6) is 1.59. The summed E-state index contributed by atoms with van der Waals surface area (Å²) in [5.41, 5.74) is 3.43. The third-order valence-electron chi connectivity index (χ3n) is 9.12. The summed E-state index contributed by atoms with van der Waals surface area (Å²) in [6, 6.07) is 12.7. The number of benzene rings is 2. The van der Waals surface area contributed by atoms with Gasteiger partial charge in [0.15, 0.2) is 11.6 Å². The lowest BCUT2D eigenvalue weighted by molar-refractivity contribution is 0.157. The highest BCUT2D eigenvalue weighted by Gasteiger charge is 2.31. The SMILES string of the molecule is C=CCCc1ccc(C2CCC(C3CCC(CCc4ccc(OCCCC)c(F)c4F)CC3)CC2)cc1. The van der Waals surface area contributed by atoms with Crippen molar-refractivity contribution in [3.05, 3.63) is 77.4 Å². The lowest BCUT2D eigenvalue weighted by Gasteiger charge is -2.38. The van der Waals surface area contributed by atoms with Crippen molar-refractivity contribution >= 4 is 0 Å². The second-order valence-corrected chi connectivity index (χ2v) is 11.6. The van der Waals surface area contributed by atoms with Crippen LogP contribution in [0.2, 0.25) is 0 Å². The number of ether oxygens (including phenoxy) is 1. The van der Waals surface area contributed by atoms with E-state index in [-0.39, 0.29) is 5.75 Å². The second-order valence-electron chi connectivity index (χ2n) is 11.6. The Morgan fingerprint density at radius 1 is 0.838 bits per heavy atom. The van der Waals surface area contributed by atoms with E-state index in [0.29, 0.717) is 24.5 Å². The van der Waals surface area contributed by atoms with Gasteiger partial charge in [0, 0.05) is 0 Å². The third kappa shape index (κ3) is 7.68. The zero-order chi connectivity index (χ0) is 26.0. The number of allylic oxidation sites excluding steroid dienone is 1. The minimum atomic E-state index is -0.823. The first-order valence-corrected chi connectivity index (χ1v) is 14.9. The van der Waals surface area contributed by atoms with Crippen LogP contribution in [0.1, 0.15) is 107 Å². The van der Waals surface area contributed by atoms with E-state index in [2.05, 4.69) is 30.8 Å². The molecule has 0 atom stereocenters. The van der Waals surface area contributed by atoms with Gasteiger partial charge >= 0.3 is 0 Å². The van der Waals surface area contributed by atoms with Gasteiger partial charge in [-0.25, -0.2) is 4.39 Å². The molecule has 0 unspecified atom stereocenters. The Morgan fingerprint density at radius 2 is 1.51 bits per heavy atom. The standard InChI is InChI=1S/C34H46F2O/c1-3-5-7-25-8-13-27(14-9-25)29-18-20-30(21-19-29)28-15-10-26(11-16-28)12-17-31-22-23-32(34(36)33(31)35)37-24-6-4-2/h3,8-9,13-14,22-23,26,28-30H,1,4-7,10-12,15-21,24H2,2H3. The lowest BCUT2D eigenvalue weighted by atomic mass is 9.68. The van der Waals surface area contributed by atoms with Gasteiger partial charge in [0.05, 0.1) is 6.61 Å². The first-order chi connectivity index (χ1) is 18.1. The molecular formula is C34H46F2O. The summed E-state index contributed by atoms with van der Waals surface area (Å²) in [6.07, 6.45) is 17.9. The molecule has 0 radical (unpaired) electrons. The molecule has 3 heteroatoms. The van der Waals surface area contributed by atoms with Crippen LogP contribution >= 0.6 is 0 Å². The predicted octanol–water partition coefficient (Wildman–Crippen LogP) is 9.98. The van der Waals surface area contributed by atoms with Crippen LogP contribution in [0.25, 0.3) is 0 Å². The highest BCUT2D eigenvalue weighted by Crippen LogP contribution is 2.44. The van der Waals surface area contributed by atoms with Crippen LogP contribution in [0.5, 0.6) is 5.75 Å². The lowest BCUT2D eigenvalue weighted by Crippen LogP contribution is -2.25. The van der Waals surface area contributed by atoms with Gasteiger partial charge in [-0.05, 0) is 117 Å². The van der Waals surface area contributed by atoms with Crippen LogP contribution in [0.4, 0.5) is 8.78 Å². The fraction of sp³-hybridized carbons (Fsp3) is 0.588. The summed E-state index contributed by atoms with van der Waals surface area (Å²) in [6.45, 7) is 6.31. The Bertz CT molecular complexity index is 966. The van der Waals surface area contributed by atoms with Crippen molar-refractivity contribution in [1.82, 2.24) is 0 Å². The van der Waals surface area contributed by atoms with Gasteiger partial charge in [-0.15, -0.1) is 6.58 Å². The molecule has 2 aromatic rings. The zero-order valence-electron chi connectivity index (χ0n) is 22.8. The predicted molar refractivity (Wildman–Crippen MR) is 150 cm³/mol. The van der Waals surface area contributed by atoms with Crippen molar-refractivity contribution in [1.29, 1.82) is 0 Å². The quantitative estimate of drug-likeness (QED) is 0.205. The number of rotatable bonds is 12. The van der Waals surface area contributed by atoms with Gasteiger partial charge in [0.2, 0.25) is 5.82 Å². The van der Waals surface area contributed by atoms with Crippen molar-refractivity contribution < 1.29 is 13.5 Å². The van der Waals surface area contributed by atoms with E-state index in [4.69, 9.17) is 4.74 Å². The first kappa shape index (κ1) is 27.9. The number of hydrogen-bond acceptors (Lipinski definition) is 1. The maximum atomic E-state index is 14.6. The van der Waals surface area contributed by atoms with Gasteiger partial charge in [-0.3, -0.25) is 0 Å². The minimum absolute atomic E-state index is 0.0467. The zero-order valence-corrected chi connectivity index (χ0v) is 22.8. The van der Waals surface area contributed by atoms with E-state index >= 15 is 0 Å². The molecule has 2 aromatic carbocycles. The molecule has 2 aliphatic rings. The van der Waals surface area contributed by atoms with Crippen LogP contribution < -0.4 is 4.74 Å². The Balaban J connectivity index is 1.18. The number of unbranched alkanes of at least 4 members (excludes halogenated alkanes) is 1. The van der Waals surface area contributed by atoms with E-state index < -0.39 is 11.6 Å². The van der Waals surface area contributed by atoms with Crippen molar-refractivity contribution in [2.75, 3.05) is 6.61 Å². The molecular weight excluding hydrogens is 462 g/mol. The Morgan fingerprint density at radius 3 is 2.16 bits per heavy atom. The molecule has 0 aromatic heterocycles. The molecule has 0 aliphatic heterocycles. The van der Waals surface area contributed by atoms with E-state index in [9.17, 15) is 8.78 Å². The monoisotopic (exact) mass is 508 g/mol. The van der Waals surface area contributed by atoms with Crippen molar-refractivity contribution in [3.63, 3.8) is 0 Å². The molecule has 2 aliphatic carbocycles.